The SMILES string of the molecule is N#CCN(CC(=O)N1CCCCCC1)Cc1ccccc1. The van der Waals surface area contributed by atoms with E-state index in [0.29, 0.717) is 13.1 Å². The maximum atomic E-state index is 12.4. The number of rotatable bonds is 5. The fraction of sp³-hybridized carbons (Fsp3) is 0.529. The summed E-state index contributed by atoms with van der Waals surface area (Å²) in [4.78, 5) is 16.3. The second kappa shape index (κ2) is 8.43. The fourth-order valence-corrected chi connectivity index (χ4v) is 2.72. The number of carbonyl (C=O) groups excluding carboxylic acids is 1. The summed E-state index contributed by atoms with van der Waals surface area (Å²) < 4.78 is 0. The molecule has 4 heteroatoms. The zero-order valence-electron chi connectivity index (χ0n) is 12.5. The van der Waals surface area contributed by atoms with Crippen molar-refractivity contribution in [2.45, 2.75) is 32.2 Å². The number of amides is 1. The molecule has 0 spiro atoms. The Balaban J connectivity index is 1.92. The highest BCUT2D eigenvalue weighted by Gasteiger charge is 2.18. The van der Waals surface area contributed by atoms with Crippen LogP contribution in [0.3, 0.4) is 0 Å². The van der Waals surface area contributed by atoms with Gasteiger partial charge in [0.05, 0.1) is 19.2 Å². The van der Waals surface area contributed by atoms with Crippen LogP contribution in [0.4, 0.5) is 0 Å². The van der Waals surface area contributed by atoms with E-state index in [2.05, 4.69) is 6.07 Å². The Labute approximate surface area is 127 Å². The van der Waals surface area contributed by atoms with Crippen LogP contribution < -0.4 is 0 Å². The van der Waals surface area contributed by atoms with Gasteiger partial charge in [-0.1, -0.05) is 43.2 Å². The lowest BCUT2D eigenvalue weighted by Gasteiger charge is -2.25. The van der Waals surface area contributed by atoms with E-state index >= 15 is 0 Å². The molecule has 1 aliphatic heterocycles. The van der Waals surface area contributed by atoms with Crippen molar-refractivity contribution in [3.8, 4) is 6.07 Å². The molecule has 112 valence electrons. The highest BCUT2D eigenvalue weighted by atomic mass is 16.2. The lowest BCUT2D eigenvalue weighted by atomic mass is 10.2. The lowest BCUT2D eigenvalue weighted by Crippen LogP contribution is -2.40. The van der Waals surface area contributed by atoms with Gasteiger partial charge in [-0.25, -0.2) is 0 Å². The Kier molecular flexibility index (Phi) is 6.23. The van der Waals surface area contributed by atoms with Gasteiger partial charge in [0.25, 0.3) is 0 Å². The lowest BCUT2D eigenvalue weighted by molar-refractivity contribution is -0.132. The van der Waals surface area contributed by atoms with E-state index in [0.717, 1.165) is 31.5 Å². The van der Waals surface area contributed by atoms with E-state index < -0.39 is 0 Å². The highest BCUT2D eigenvalue weighted by Crippen LogP contribution is 2.11. The van der Waals surface area contributed by atoms with Crippen molar-refractivity contribution >= 4 is 5.91 Å². The van der Waals surface area contributed by atoms with Crippen LogP contribution in [-0.2, 0) is 11.3 Å². The second-order valence-corrected chi connectivity index (χ2v) is 5.58. The molecule has 0 bridgehead atoms. The van der Waals surface area contributed by atoms with E-state index in [9.17, 15) is 4.79 Å². The molecular weight excluding hydrogens is 262 g/mol. The Morgan fingerprint density at radius 1 is 1.14 bits per heavy atom. The standard InChI is InChI=1S/C17H23N3O/c18-10-13-19(14-16-8-4-3-5-9-16)15-17(21)20-11-6-1-2-7-12-20/h3-5,8-9H,1-2,6-7,11-15H2. The topological polar surface area (TPSA) is 47.3 Å². The molecule has 1 aromatic carbocycles. The van der Waals surface area contributed by atoms with Crippen molar-refractivity contribution in [3.05, 3.63) is 35.9 Å². The number of nitriles is 1. The van der Waals surface area contributed by atoms with Gasteiger partial charge in [0.1, 0.15) is 0 Å². The predicted molar refractivity (Wildman–Crippen MR) is 82.4 cm³/mol. The van der Waals surface area contributed by atoms with Crippen molar-refractivity contribution in [1.29, 1.82) is 5.26 Å². The van der Waals surface area contributed by atoms with Crippen molar-refractivity contribution in [2.24, 2.45) is 0 Å². The second-order valence-electron chi connectivity index (χ2n) is 5.58. The summed E-state index contributed by atoms with van der Waals surface area (Å²) in [6, 6.07) is 12.2. The molecule has 0 radical (unpaired) electrons. The van der Waals surface area contributed by atoms with Gasteiger partial charge in [-0.3, -0.25) is 9.69 Å². The zero-order valence-corrected chi connectivity index (χ0v) is 12.5. The number of benzene rings is 1. The number of nitrogens with zero attached hydrogens (tertiary/aromatic N) is 3. The molecule has 4 nitrogen and oxygen atoms in total. The van der Waals surface area contributed by atoms with E-state index in [1.807, 2.05) is 40.1 Å². The van der Waals surface area contributed by atoms with E-state index in [1.54, 1.807) is 0 Å². The Hall–Kier alpha value is -1.86. The molecule has 1 heterocycles. The summed E-state index contributed by atoms with van der Waals surface area (Å²) in [6.45, 7) is 3.00. The average Bonchev–Trinajstić information content (AvgIpc) is 2.77. The van der Waals surface area contributed by atoms with Gasteiger partial charge < -0.3 is 4.90 Å². The molecule has 1 aromatic rings. The first-order valence-corrected chi connectivity index (χ1v) is 7.70. The third-order valence-corrected chi connectivity index (χ3v) is 3.86. The van der Waals surface area contributed by atoms with Crippen LogP contribution in [-0.4, -0.2) is 41.9 Å². The number of likely N-dealkylation sites (tertiary alicyclic amines) is 1. The van der Waals surface area contributed by atoms with Gasteiger partial charge in [-0.15, -0.1) is 0 Å². The first-order chi connectivity index (χ1) is 10.3. The van der Waals surface area contributed by atoms with Crippen LogP contribution in [0.1, 0.15) is 31.2 Å². The maximum Gasteiger partial charge on any atom is 0.236 e. The van der Waals surface area contributed by atoms with Crippen molar-refractivity contribution in [1.82, 2.24) is 9.80 Å². The smallest absolute Gasteiger partial charge is 0.236 e. The van der Waals surface area contributed by atoms with Crippen LogP contribution in [0.15, 0.2) is 30.3 Å². The summed E-state index contributed by atoms with van der Waals surface area (Å²) in [5.74, 6) is 0.156. The molecule has 1 fully saturated rings. The third-order valence-electron chi connectivity index (χ3n) is 3.86. The normalized spacial score (nSPS) is 15.5. The van der Waals surface area contributed by atoms with Crippen molar-refractivity contribution in [3.63, 3.8) is 0 Å². The van der Waals surface area contributed by atoms with E-state index in [1.165, 1.54) is 12.8 Å². The molecule has 0 saturated carbocycles. The number of hydrogen-bond donors (Lipinski definition) is 0. The molecule has 0 atom stereocenters. The van der Waals surface area contributed by atoms with Gasteiger partial charge in [0.15, 0.2) is 0 Å². The molecule has 0 unspecified atom stereocenters. The summed E-state index contributed by atoms with van der Waals surface area (Å²) in [7, 11) is 0. The molecule has 1 saturated heterocycles. The van der Waals surface area contributed by atoms with Crippen LogP contribution in [0.25, 0.3) is 0 Å². The quantitative estimate of drug-likeness (QED) is 0.781. The van der Waals surface area contributed by atoms with Crippen molar-refractivity contribution in [2.75, 3.05) is 26.2 Å². The van der Waals surface area contributed by atoms with Gasteiger partial charge in [-0.2, -0.15) is 5.26 Å². The fourth-order valence-electron chi connectivity index (χ4n) is 2.72. The summed E-state index contributed by atoms with van der Waals surface area (Å²) >= 11 is 0. The van der Waals surface area contributed by atoms with E-state index in [4.69, 9.17) is 5.26 Å². The zero-order chi connectivity index (χ0) is 14.9. The first-order valence-electron chi connectivity index (χ1n) is 7.70. The van der Waals surface area contributed by atoms with E-state index in [-0.39, 0.29) is 12.5 Å². The van der Waals surface area contributed by atoms with Gasteiger partial charge >= 0.3 is 0 Å². The Morgan fingerprint density at radius 2 is 1.81 bits per heavy atom. The first kappa shape index (κ1) is 15.5. The summed E-state index contributed by atoms with van der Waals surface area (Å²) in [6.07, 6.45) is 4.64. The van der Waals surface area contributed by atoms with Crippen LogP contribution in [0.5, 0.6) is 0 Å². The number of carbonyl (C=O) groups is 1. The van der Waals surface area contributed by atoms with Crippen molar-refractivity contribution < 1.29 is 4.79 Å². The maximum absolute atomic E-state index is 12.4. The Morgan fingerprint density at radius 3 is 2.43 bits per heavy atom. The molecule has 0 N–H and O–H groups in total. The minimum absolute atomic E-state index is 0.156. The summed E-state index contributed by atoms with van der Waals surface area (Å²) in [5, 5.41) is 8.97. The van der Waals surface area contributed by atoms with Gasteiger partial charge in [-0.05, 0) is 18.4 Å². The van der Waals surface area contributed by atoms with Crippen LogP contribution in [0, 0.1) is 11.3 Å². The van der Waals surface area contributed by atoms with Gasteiger partial charge in [0.2, 0.25) is 5.91 Å². The minimum Gasteiger partial charge on any atom is -0.342 e. The Bertz CT molecular complexity index is 473. The highest BCUT2D eigenvalue weighted by molar-refractivity contribution is 5.78. The predicted octanol–water partition coefficient (Wildman–Crippen LogP) is 2.41. The molecule has 0 aromatic heterocycles. The average molecular weight is 285 g/mol. The molecular formula is C17H23N3O. The van der Waals surface area contributed by atoms with Crippen LogP contribution >= 0.6 is 0 Å². The number of hydrogen-bond acceptors (Lipinski definition) is 3. The molecule has 1 amide bonds. The van der Waals surface area contributed by atoms with Crippen LogP contribution in [0.2, 0.25) is 0 Å². The molecule has 2 rings (SSSR count). The molecule has 1 aliphatic rings. The largest absolute Gasteiger partial charge is 0.342 e. The third kappa shape index (κ3) is 5.20. The summed E-state index contributed by atoms with van der Waals surface area (Å²) in [5.41, 5.74) is 1.14. The molecule has 21 heavy (non-hydrogen) atoms. The monoisotopic (exact) mass is 285 g/mol. The van der Waals surface area contributed by atoms with Gasteiger partial charge in [0, 0.05) is 19.6 Å². The minimum atomic E-state index is 0.156. The molecule has 0 aliphatic carbocycles.